The Kier molecular flexibility index (Phi) is 7.59. The average Bonchev–Trinajstić information content (AvgIpc) is 3.41. The van der Waals surface area contributed by atoms with Gasteiger partial charge in [0.15, 0.2) is 0 Å². The predicted molar refractivity (Wildman–Crippen MR) is 103 cm³/mol. The van der Waals surface area contributed by atoms with Crippen LogP contribution in [-0.4, -0.2) is 109 Å². The number of halogens is 3. The Morgan fingerprint density at radius 1 is 1.17 bits per heavy atom. The molecule has 2 aliphatic heterocycles. The molecule has 0 aromatic heterocycles. The number of hydrogen-bond donors (Lipinski definition) is 1. The molecule has 3 aliphatic rings. The predicted octanol–water partition coefficient (Wildman–Crippen LogP) is 1.57. The van der Waals surface area contributed by atoms with Crippen LogP contribution in [0.4, 0.5) is 18.0 Å². The average molecular weight is 436 g/mol. The Bertz CT molecular complexity index is 654. The van der Waals surface area contributed by atoms with Crippen molar-refractivity contribution in [2.45, 2.75) is 32.4 Å². The fraction of sp³-hybridized carbons (Fsp3) is 0.842. The number of hydrogen-bond acceptors (Lipinski definition) is 4. The number of amides is 3. The Morgan fingerprint density at radius 3 is 2.20 bits per heavy atom. The van der Waals surface area contributed by atoms with Crippen molar-refractivity contribution in [1.29, 1.82) is 0 Å². The van der Waals surface area contributed by atoms with Gasteiger partial charge in [-0.25, -0.2) is 9.59 Å². The molecular formula is C19H31F3N4O4. The number of carboxylic acid groups (broad SMARTS) is 1. The molecule has 3 fully saturated rings. The molecule has 1 atom stereocenters. The summed E-state index contributed by atoms with van der Waals surface area (Å²) in [5.74, 6) is -1.67. The Morgan fingerprint density at radius 2 is 1.77 bits per heavy atom. The van der Waals surface area contributed by atoms with Crippen molar-refractivity contribution in [3.8, 4) is 0 Å². The second-order valence-corrected chi connectivity index (χ2v) is 8.66. The fourth-order valence-corrected chi connectivity index (χ4v) is 4.10. The molecule has 30 heavy (non-hydrogen) atoms. The Hall–Kier alpha value is -2.04. The summed E-state index contributed by atoms with van der Waals surface area (Å²) in [5, 5.41) is 7.12. The molecule has 172 valence electrons. The van der Waals surface area contributed by atoms with Gasteiger partial charge >= 0.3 is 18.2 Å². The van der Waals surface area contributed by atoms with Crippen molar-refractivity contribution < 1.29 is 32.7 Å². The lowest BCUT2D eigenvalue weighted by molar-refractivity contribution is -0.192. The molecule has 2 heterocycles. The van der Waals surface area contributed by atoms with Crippen LogP contribution in [0.15, 0.2) is 0 Å². The number of carbonyl (C=O) groups is 3. The van der Waals surface area contributed by atoms with Gasteiger partial charge in [-0.05, 0) is 25.7 Å². The zero-order valence-electron chi connectivity index (χ0n) is 17.7. The molecule has 3 amide bonds. The molecule has 0 aromatic rings. The number of aliphatic carboxylic acids is 1. The molecule has 1 unspecified atom stereocenters. The number of urea groups is 1. The third kappa shape index (κ3) is 6.48. The fourth-order valence-electron chi connectivity index (χ4n) is 4.10. The highest BCUT2D eigenvalue weighted by molar-refractivity contribution is 5.80. The normalized spacial score (nSPS) is 25.1. The maximum Gasteiger partial charge on any atom is 0.490 e. The number of rotatable bonds is 3. The summed E-state index contributed by atoms with van der Waals surface area (Å²) in [6.07, 6.45) is -1.83. The summed E-state index contributed by atoms with van der Waals surface area (Å²) in [6, 6.07) is 0.0695. The molecule has 1 N–H and O–H groups in total. The minimum Gasteiger partial charge on any atom is -0.475 e. The van der Waals surface area contributed by atoms with Crippen LogP contribution in [0.2, 0.25) is 0 Å². The molecule has 8 nitrogen and oxygen atoms in total. The van der Waals surface area contributed by atoms with Gasteiger partial charge in [0.1, 0.15) is 0 Å². The van der Waals surface area contributed by atoms with Crippen LogP contribution in [0.3, 0.4) is 0 Å². The maximum absolute atomic E-state index is 12.5. The van der Waals surface area contributed by atoms with Gasteiger partial charge < -0.3 is 24.7 Å². The minimum absolute atomic E-state index is 0.0695. The molecular weight excluding hydrogens is 405 g/mol. The van der Waals surface area contributed by atoms with Crippen LogP contribution in [-0.2, 0) is 9.59 Å². The third-order valence-corrected chi connectivity index (χ3v) is 5.67. The van der Waals surface area contributed by atoms with Crippen molar-refractivity contribution >= 4 is 17.9 Å². The van der Waals surface area contributed by atoms with Crippen molar-refractivity contribution in [3.63, 3.8) is 0 Å². The third-order valence-electron chi connectivity index (χ3n) is 5.67. The Balaban J connectivity index is 0.000000396. The molecule has 1 saturated carbocycles. The van der Waals surface area contributed by atoms with E-state index in [2.05, 4.69) is 4.90 Å². The largest absolute Gasteiger partial charge is 0.490 e. The smallest absolute Gasteiger partial charge is 0.475 e. The lowest BCUT2D eigenvalue weighted by Gasteiger charge is -2.34. The van der Waals surface area contributed by atoms with E-state index in [0.29, 0.717) is 13.0 Å². The molecule has 0 radical (unpaired) electrons. The summed E-state index contributed by atoms with van der Waals surface area (Å²) in [6.45, 7) is 8.08. The SMILES string of the molecule is CCN1CC2(CC1=O)CN(CC1CC1)CCN(C(=O)N(C)C)C2.O=C(O)C(F)(F)F. The van der Waals surface area contributed by atoms with E-state index in [1.165, 1.54) is 12.8 Å². The second kappa shape index (κ2) is 9.40. The van der Waals surface area contributed by atoms with Gasteiger partial charge in [0.25, 0.3) is 0 Å². The van der Waals surface area contributed by atoms with Gasteiger partial charge in [-0.15, -0.1) is 0 Å². The zero-order chi connectivity index (χ0) is 22.7. The highest BCUT2D eigenvalue weighted by Gasteiger charge is 2.47. The standard InChI is InChI=1S/C17H30N4O2.C2HF3O2/c1-4-20-12-17(9-15(20)22)11-19(10-14-5-6-14)7-8-21(13-17)16(23)18(2)3;3-2(4,5)1(6)7/h14H,4-13H2,1-3H3;(H,6,7). The van der Waals surface area contributed by atoms with Gasteiger partial charge in [-0.1, -0.05) is 0 Å². The topological polar surface area (TPSA) is 84.4 Å². The maximum atomic E-state index is 12.5. The van der Waals surface area contributed by atoms with Crippen LogP contribution in [0.25, 0.3) is 0 Å². The number of carboxylic acids is 1. The summed E-state index contributed by atoms with van der Waals surface area (Å²) >= 11 is 0. The van der Waals surface area contributed by atoms with E-state index >= 15 is 0 Å². The van der Waals surface area contributed by atoms with Gasteiger partial charge in [0, 0.05) is 71.7 Å². The monoisotopic (exact) mass is 436 g/mol. The Labute approximate surface area is 174 Å². The van der Waals surface area contributed by atoms with E-state index in [9.17, 15) is 22.8 Å². The summed E-state index contributed by atoms with van der Waals surface area (Å²) in [7, 11) is 3.61. The zero-order valence-corrected chi connectivity index (χ0v) is 17.7. The quantitative estimate of drug-likeness (QED) is 0.726. The first kappa shape index (κ1) is 24.2. The van der Waals surface area contributed by atoms with Crippen LogP contribution in [0, 0.1) is 11.3 Å². The van der Waals surface area contributed by atoms with E-state index in [1.54, 1.807) is 19.0 Å². The molecule has 1 aliphatic carbocycles. The second-order valence-electron chi connectivity index (χ2n) is 8.66. The number of nitrogens with zero attached hydrogens (tertiary/aromatic N) is 4. The number of alkyl halides is 3. The van der Waals surface area contributed by atoms with Crippen molar-refractivity contribution in [1.82, 2.24) is 19.6 Å². The molecule has 2 saturated heterocycles. The van der Waals surface area contributed by atoms with E-state index in [-0.39, 0.29) is 17.4 Å². The molecule has 1 spiro atoms. The van der Waals surface area contributed by atoms with Crippen molar-refractivity contribution in [2.75, 3.05) is 59.9 Å². The summed E-state index contributed by atoms with van der Waals surface area (Å²) in [5.41, 5.74) is -0.0931. The van der Waals surface area contributed by atoms with E-state index in [4.69, 9.17) is 9.90 Å². The van der Waals surface area contributed by atoms with Crippen LogP contribution < -0.4 is 0 Å². The first-order chi connectivity index (χ1) is 13.9. The van der Waals surface area contributed by atoms with Gasteiger partial charge in [0.2, 0.25) is 5.91 Å². The van der Waals surface area contributed by atoms with Crippen LogP contribution >= 0.6 is 0 Å². The molecule has 0 bridgehead atoms. The number of carbonyl (C=O) groups excluding carboxylic acids is 2. The highest BCUT2D eigenvalue weighted by atomic mass is 19.4. The first-order valence-electron chi connectivity index (χ1n) is 10.1. The first-order valence-corrected chi connectivity index (χ1v) is 10.1. The van der Waals surface area contributed by atoms with E-state index in [0.717, 1.165) is 45.2 Å². The van der Waals surface area contributed by atoms with Crippen LogP contribution in [0.1, 0.15) is 26.2 Å². The summed E-state index contributed by atoms with van der Waals surface area (Å²) in [4.78, 5) is 41.8. The van der Waals surface area contributed by atoms with E-state index in [1.807, 2.05) is 16.7 Å². The van der Waals surface area contributed by atoms with Crippen molar-refractivity contribution in [2.24, 2.45) is 11.3 Å². The van der Waals surface area contributed by atoms with Gasteiger partial charge in [-0.2, -0.15) is 13.2 Å². The lowest BCUT2D eigenvalue weighted by Crippen LogP contribution is -2.47. The highest BCUT2D eigenvalue weighted by Crippen LogP contribution is 2.37. The van der Waals surface area contributed by atoms with Gasteiger partial charge in [0.05, 0.1) is 0 Å². The summed E-state index contributed by atoms with van der Waals surface area (Å²) < 4.78 is 31.7. The molecule has 11 heteroatoms. The van der Waals surface area contributed by atoms with Gasteiger partial charge in [-0.3, -0.25) is 4.79 Å². The van der Waals surface area contributed by atoms with E-state index < -0.39 is 12.1 Å². The molecule has 3 rings (SSSR count). The van der Waals surface area contributed by atoms with Crippen LogP contribution in [0.5, 0.6) is 0 Å². The number of likely N-dealkylation sites (tertiary alicyclic amines) is 1. The van der Waals surface area contributed by atoms with Crippen molar-refractivity contribution in [3.05, 3.63) is 0 Å². The lowest BCUT2D eigenvalue weighted by atomic mass is 9.86. The minimum atomic E-state index is -5.08. The molecule has 0 aromatic carbocycles.